The maximum atomic E-state index is 6.41. The molecule has 0 unspecified atom stereocenters. The zero-order chi connectivity index (χ0) is 20.1. The van der Waals surface area contributed by atoms with Crippen molar-refractivity contribution in [1.29, 1.82) is 0 Å². The molecule has 0 bridgehead atoms. The molecule has 0 aliphatic carbocycles. The Balaban J connectivity index is 2.12. The highest BCUT2D eigenvalue weighted by atomic mass is 35.5. The van der Waals surface area contributed by atoms with Crippen LogP contribution < -0.4 is 19.7 Å². The van der Waals surface area contributed by atoms with Gasteiger partial charge < -0.3 is 19.7 Å². The molecular weight excluding hydrogens is 378 g/mol. The third-order valence-corrected chi connectivity index (χ3v) is 4.71. The van der Waals surface area contributed by atoms with Crippen LogP contribution in [0, 0.1) is 0 Å². The molecule has 3 aromatic rings. The molecule has 0 amide bonds. The van der Waals surface area contributed by atoms with Crippen LogP contribution in [-0.2, 0) is 0 Å². The van der Waals surface area contributed by atoms with Crippen LogP contribution in [0.5, 0.6) is 11.5 Å². The van der Waals surface area contributed by atoms with Gasteiger partial charge in [-0.1, -0.05) is 25.4 Å². The number of hydrogen-bond donors (Lipinski definition) is 1. The SMILES string of the molecule is CCCN(CCC)c1c(OC)c(Nc2ccc(OC)cc2Cl)nc2nccn12. The van der Waals surface area contributed by atoms with Gasteiger partial charge in [0.1, 0.15) is 5.75 Å². The molecule has 2 aromatic heterocycles. The Morgan fingerprint density at radius 3 is 2.50 bits per heavy atom. The fraction of sp³-hybridized carbons (Fsp3) is 0.400. The van der Waals surface area contributed by atoms with Gasteiger partial charge in [-0.15, -0.1) is 0 Å². The van der Waals surface area contributed by atoms with Gasteiger partial charge in [0.05, 0.1) is 24.9 Å². The number of imidazole rings is 1. The normalized spacial score (nSPS) is 10.9. The summed E-state index contributed by atoms with van der Waals surface area (Å²) in [6.07, 6.45) is 5.69. The Labute approximate surface area is 170 Å². The first-order valence-electron chi connectivity index (χ1n) is 9.39. The monoisotopic (exact) mass is 403 g/mol. The first kappa shape index (κ1) is 20.1. The maximum Gasteiger partial charge on any atom is 0.237 e. The highest BCUT2D eigenvalue weighted by Gasteiger charge is 2.22. The van der Waals surface area contributed by atoms with Crippen LogP contribution in [0.3, 0.4) is 0 Å². The van der Waals surface area contributed by atoms with E-state index in [1.165, 1.54) is 0 Å². The summed E-state index contributed by atoms with van der Waals surface area (Å²) in [4.78, 5) is 11.3. The van der Waals surface area contributed by atoms with E-state index in [2.05, 4.69) is 34.0 Å². The average molecular weight is 404 g/mol. The van der Waals surface area contributed by atoms with Crippen molar-refractivity contribution in [2.75, 3.05) is 37.5 Å². The number of anilines is 3. The Morgan fingerprint density at radius 1 is 1.14 bits per heavy atom. The molecule has 2 heterocycles. The minimum Gasteiger partial charge on any atom is -0.497 e. The van der Waals surface area contributed by atoms with E-state index in [-0.39, 0.29) is 0 Å². The lowest BCUT2D eigenvalue weighted by atomic mass is 10.3. The lowest BCUT2D eigenvalue weighted by Crippen LogP contribution is -2.28. The zero-order valence-electron chi connectivity index (χ0n) is 16.7. The van der Waals surface area contributed by atoms with Crippen LogP contribution in [0.2, 0.25) is 5.02 Å². The summed E-state index contributed by atoms with van der Waals surface area (Å²) in [6.45, 7) is 6.14. The van der Waals surface area contributed by atoms with E-state index in [9.17, 15) is 0 Å². The molecule has 1 aromatic carbocycles. The smallest absolute Gasteiger partial charge is 0.237 e. The standard InChI is InChI=1S/C20H26ClN5O2/c1-5-10-25(11-6-2)19-17(28-4)18(24-20-22-9-12-26(19)20)23-16-8-7-14(27-3)13-15(16)21/h7-9,12-13H,5-6,10-11H2,1-4H3,(H,22,23,24). The molecule has 0 fully saturated rings. The molecule has 8 heteroatoms. The third-order valence-electron chi connectivity index (χ3n) is 4.40. The van der Waals surface area contributed by atoms with Gasteiger partial charge in [0, 0.05) is 31.5 Å². The number of nitrogens with one attached hydrogen (secondary N) is 1. The van der Waals surface area contributed by atoms with Gasteiger partial charge in [-0.2, -0.15) is 4.98 Å². The van der Waals surface area contributed by atoms with Crippen LogP contribution in [0.4, 0.5) is 17.3 Å². The number of rotatable bonds is 9. The summed E-state index contributed by atoms with van der Waals surface area (Å²) in [5, 5.41) is 3.84. The molecule has 0 saturated carbocycles. The average Bonchev–Trinajstić information content (AvgIpc) is 3.16. The number of fused-ring (bicyclic) bond motifs is 1. The summed E-state index contributed by atoms with van der Waals surface area (Å²) in [5.41, 5.74) is 0.715. The number of halogens is 1. The van der Waals surface area contributed by atoms with E-state index in [0.717, 1.165) is 31.7 Å². The topological polar surface area (TPSA) is 63.9 Å². The van der Waals surface area contributed by atoms with Crippen molar-refractivity contribution < 1.29 is 9.47 Å². The van der Waals surface area contributed by atoms with Gasteiger partial charge in [0.15, 0.2) is 11.6 Å². The number of aromatic nitrogens is 3. The maximum absolute atomic E-state index is 6.41. The lowest BCUT2D eigenvalue weighted by Gasteiger charge is -2.27. The van der Waals surface area contributed by atoms with E-state index in [0.29, 0.717) is 33.8 Å². The second kappa shape index (κ2) is 9.01. The van der Waals surface area contributed by atoms with Crippen molar-refractivity contribution in [3.8, 4) is 11.5 Å². The van der Waals surface area contributed by atoms with Crippen LogP contribution in [-0.4, -0.2) is 41.7 Å². The molecule has 150 valence electrons. The van der Waals surface area contributed by atoms with Gasteiger partial charge in [0.2, 0.25) is 11.5 Å². The number of nitrogens with zero attached hydrogens (tertiary/aromatic N) is 4. The van der Waals surface area contributed by atoms with Crippen molar-refractivity contribution in [3.63, 3.8) is 0 Å². The van der Waals surface area contributed by atoms with Crippen LogP contribution in [0.15, 0.2) is 30.6 Å². The summed E-state index contributed by atoms with van der Waals surface area (Å²) in [5.74, 6) is 3.44. The van der Waals surface area contributed by atoms with Crippen molar-refractivity contribution in [1.82, 2.24) is 14.4 Å². The van der Waals surface area contributed by atoms with Gasteiger partial charge in [-0.25, -0.2) is 4.98 Å². The van der Waals surface area contributed by atoms with Crippen molar-refractivity contribution in [2.45, 2.75) is 26.7 Å². The predicted molar refractivity (Wildman–Crippen MR) is 114 cm³/mol. The second-order valence-electron chi connectivity index (χ2n) is 6.37. The second-order valence-corrected chi connectivity index (χ2v) is 6.78. The molecule has 0 spiro atoms. The number of benzene rings is 1. The first-order chi connectivity index (χ1) is 13.6. The van der Waals surface area contributed by atoms with E-state index < -0.39 is 0 Å². The predicted octanol–water partition coefficient (Wildman–Crippen LogP) is 4.77. The lowest BCUT2D eigenvalue weighted by molar-refractivity contribution is 0.412. The molecule has 28 heavy (non-hydrogen) atoms. The van der Waals surface area contributed by atoms with E-state index in [1.54, 1.807) is 26.5 Å². The first-order valence-corrected chi connectivity index (χ1v) is 9.77. The zero-order valence-corrected chi connectivity index (χ0v) is 17.5. The highest BCUT2D eigenvalue weighted by Crippen LogP contribution is 2.38. The molecular formula is C20H26ClN5O2. The molecule has 0 aliphatic heterocycles. The van der Waals surface area contributed by atoms with Gasteiger partial charge in [-0.3, -0.25) is 4.40 Å². The van der Waals surface area contributed by atoms with E-state index in [1.807, 2.05) is 22.7 Å². The quantitative estimate of drug-likeness (QED) is 0.555. The van der Waals surface area contributed by atoms with E-state index >= 15 is 0 Å². The minimum atomic E-state index is 0.534. The van der Waals surface area contributed by atoms with Crippen molar-refractivity contribution in [3.05, 3.63) is 35.6 Å². The Morgan fingerprint density at radius 2 is 1.89 bits per heavy atom. The van der Waals surface area contributed by atoms with Crippen LogP contribution in [0.1, 0.15) is 26.7 Å². The van der Waals surface area contributed by atoms with Crippen molar-refractivity contribution in [2.24, 2.45) is 0 Å². The molecule has 7 nitrogen and oxygen atoms in total. The fourth-order valence-electron chi connectivity index (χ4n) is 3.19. The summed E-state index contributed by atoms with van der Waals surface area (Å²) in [7, 11) is 3.26. The van der Waals surface area contributed by atoms with Crippen LogP contribution >= 0.6 is 11.6 Å². The van der Waals surface area contributed by atoms with Gasteiger partial charge in [-0.05, 0) is 25.0 Å². The number of ether oxygens (including phenoxy) is 2. The Hall–Kier alpha value is -2.67. The summed E-state index contributed by atoms with van der Waals surface area (Å²) < 4.78 is 13.0. The van der Waals surface area contributed by atoms with E-state index in [4.69, 9.17) is 21.1 Å². The van der Waals surface area contributed by atoms with Crippen LogP contribution in [0.25, 0.3) is 5.78 Å². The summed E-state index contributed by atoms with van der Waals surface area (Å²) >= 11 is 6.41. The molecule has 3 rings (SSSR count). The van der Waals surface area contributed by atoms with Gasteiger partial charge >= 0.3 is 0 Å². The number of hydrogen-bond acceptors (Lipinski definition) is 6. The highest BCUT2D eigenvalue weighted by molar-refractivity contribution is 6.33. The molecule has 0 aliphatic rings. The molecule has 0 saturated heterocycles. The van der Waals surface area contributed by atoms with Gasteiger partial charge in [0.25, 0.3) is 0 Å². The molecule has 0 radical (unpaired) electrons. The number of methoxy groups -OCH3 is 2. The Bertz CT molecular complexity index is 938. The molecule has 0 atom stereocenters. The minimum absolute atomic E-state index is 0.534. The Kier molecular flexibility index (Phi) is 6.46. The summed E-state index contributed by atoms with van der Waals surface area (Å²) in [6, 6.07) is 5.45. The molecule has 1 N–H and O–H groups in total. The van der Waals surface area contributed by atoms with Crippen molar-refractivity contribution >= 4 is 34.7 Å². The third kappa shape index (κ3) is 3.94. The largest absolute Gasteiger partial charge is 0.497 e. The fourth-order valence-corrected chi connectivity index (χ4v) is 3.41.